The fourth-order valence-corrected chi connectivity index (χ4v) is 3.65. The topological polar surface area (TPSA) is 93.1 Å². The monoisotopic (exact) mass is 498 g/mol. The number of carboxylic acids is 1. The van der Waals surface area contributed by atoms with Gasteiger partial charge in [0.1, 0.15) is 12.7 Å². The number of aliphatic hydroxyl groups excluding tert-OH is 1. The average Bonchev–Trinajstić information content (AvgIpc) is 2.79. The predicted octanol–water partition coefficient (Wildman–Crippen LogP) is 5.27. The van der Waals surface area contributed by atoms with E-state index in [4.69, 9.17) is 9.47 Å². The zero-order valence-electron chi connectivity index (χ0n) is 22.8. The summed E-state index contributed by atoms with van der Waals surface area (Å²) >= 11 is 0. The molecule has 0 aromatic carbocycles. The van der Waals surface area contributed by atoms with Gasteiger partial charge in [0.05, 0.1) is 34.4 Å². The van der Waals surface area contributed by atoms with Gasteiger partial charge in [-0.2, -0.15) is 0 Å². The summed E-state index contributed by atoms with van der Waals surface area (Å²) in [6, 6.07) is -0.575. The maximum Gasteiger partial charge on any atom is 0.362 e. The number of rotatable bonds is 23. The molecule has 204 valence electrons. The van der Waals surface area contributed by atoms with Crippen molar-refractivity contribution in [1.29, 1.82) is 0 Å². The molecule has 0 spiro atoms. The second-order valence-corrected chi connectivity index (χ2v) is 10.2. The summed E-state index contributed by atoms with van der Waals surface area (Å²) in [5.41, 5.74) is 0. The Morgan fingerprint density at radius 3 is 2.06 bits per heavy atom. The van der Waals surface area contributed by atoms with Gasteiger partial charge in [-0.15, -0.1) is 0 Å². The van der Waals surface area contributed by atoms with Gasteiger partial charge in [0.15, 0.2) is 6.04 Å². The van der Waals surface area contributed by atoms with Crippen molar-refractivity contribution in [2.24, 2.45) is 0 Å². The molecule has 0 amide bonds. The molecule has 0 aromatic rings. The predicted molar refractivity (Wildman–Crippen MR) is 141 cm³/mol. The van der Waals surface area contributed by atoms with Crippen molar-refractivity contribution in [3.63, 3.8) is 0 Å². The first-order valence-electron chi connectivity index (χ1n) is 13.4. The maximum atomic E-state index is 11.8. The highest BCUT2D eigenvalue weighted by Gasteiger charge is 2.30. The summed E-state index contributed by atoms with van der Waals surface area (Å²) in [7, 11) is 5.46. The normalized spacial score (nSPS) is 14.0. The first-order valence-corrected chi connectivity index (χ1v) is 13.4. The van der Waals surface area contributed by atoms with E-state index in [9.17, 15) is 19.8 Å². The number of carboxylic acid groups (broad SMARTS) is 1. The number of carbonyl (C=O) groups is 2. The largest absolute Gasteiger partial charge is 0.477 e. The highest BCUT2D eigenvalue weighted by atomic mass is 16.5. The van der Waals surface area contributed by atoms with Crippen molar-refractivity contribution in [2.45, 2.75) is 103 Å². The molecule has 35 heavy (non-hydrogen) atoms. The molecule has 0 fully saturated rings. The van der Waals surface area contributed by atoms with Crippen molar-refractivity contribution in [2.75, 3.05) is 41.0 Å². The Morgan fingerprint density at radius 1 is 0.857 bits per heavy atom. The van der Waals surface area contributed by atoms with E-state index >= 15 is 0 Å². The van der Waals surface area contributed by atoms with Crippen LogP contribution in [0.25, 0.3) is 0 Å². The quantitative estimate of drug-likeness (QED) is 0.0863. The van der Waals surface area contributed by atoms with Crippen molar-refractivity contribution < 1.29 is 33.8 Å². The molecule has 2 N–H and O–H groups in total. The van der Waals surface area contributed by atoms with Gasteiger partial charge in [-0.25, -0.2) is 4.79 Å². The minimum Gasteiger partial charge on any atom is -0.477 e. The highest BCUT2D eigenvalue weighted by Crippen LogP contribution is 2.10. The van der Waals surface area contributed by atoms with Crippen LogP contribution in [-0.2, 0) is 19.1 Å². The van der Waals surface area contributed by atoms with E-state index in [1.807, 2.05) is 21.1 Å². The number of quaternary nitrogens is 1. The Bertz CT molecular complexity index is 597. The summed E-state index contributed by atoms with van der Waals surface area (Å²) in [6.07, 6.45) is 21.3. The summed E-state index contributed by atoms with van der Waals surface area (Å²) in [6.45, 7) is 2.37. The van der Waals surface area contributed by atoms with Gasteiger partial charge < -0.3 is 24.2 Å². The molecule has 0 aliphatic rings. The van der Waals surface area contributed by atoms with Gasteiger partial charge in [0, 0.05) is 12.8 Å². The fourth-order valence-electron chi connectivity index (χ4n) is 3.65. The van der Waals surface area contributed by atoms with Crippen LogP contribution in [0.5, 0.6) is 0 Å². The van der Waals surface area contributed by atoms with Crippen LogP contribution >= 0.6 is 0 Å². The molecule has 0 rings (SSSR count). The van der Waals surface area contributed by atoms with Crippen LogP contribution in [0, 0.1) is 0 Å². The molecule has 0 aliphatic carbocycles. The lowest BCUT2D eigenvalue weighted by Gasteiger charge is -2.31. The maximum absolute atomic E-state index is 11.8. The lowest BCUT2D eigenvalue weighted by Crippen LogP contribution is -2.50. The Hall–Kier alpha value is -1.70. The zero-order valence-corrected chi connectivity index (χ0v) is 22.8. The molecule has 0 aliphatic heterocycles. The third-order valence-corrected chi connectivity index (χ3v) is 5.83. The number of carbonyl (C=O) groups excluding carboxylic acids is 1. The Labute approximate surface area is 213 Å². The standard InChI is InChI=1S/C28H51NO6/c1-5-6-7-8-9-10-11-12-13-14-15-16-17-18-19-20-27(31)35-24-25(30)23-34-22-21-26(28(32)33)29(2,3)4/h9-10,12-13,25-26,30H,5-8,11,14-24H2,1-4H3/p+1/b10-9-,13-12-. The average molecular weight is 499 g/mol. The molecule has 0 saturated carbocycles. The summed E-state index contributed by atoms with van der Waals surface area (Å²) in [5, 5.41) is 19.2. The van der Waals surface area contributed by atoms with Crippen LogP contribution in [0.15, 0.2) is 24.3 Å². The van der Waals surface area contributed by atoms with E-state index in [0.29, 0.717) is 17.3 Å². The number of hydrogen-bond donors (Lipinski definition) is 2. The molecule has 7 heteroatoms. The third-order valence-electron chi connectivity index (χ3n) is 5.83. The molecule has 0 bridgehead atoms. The lowest BCUT2D eigenvalue weighted by atomic mass is 10.1. The van der Waals surface area contributed by atoms with Gasteiger partial charge >= 0.3 is 11.9 Å². The number of likely N-dealkylation sites (N-methyl/N-ethyl adjacent to an activating group) is 1. The van der Waals surface area contributed by atoms with Crippen LogP contribution < -0.4 is 0 Å². The van der Waals surface area contributed by atoms with Crippen LogP contribution in [0.3, 0.4) is 0 Å². The molecule has 2 unspecified atom stereocenters. The van der Waals surface area contributed by atoms with E-state index in [1.165, 1.54) is 38.5 Å². The Morgan fingerprint density at radius 2 is 1.46 bits per heavy atom. The lowest BCUT2D eigenvalue weighted by molar-refractivity contribution is -0.887. The Kier molecular flexibility index (Phi) is 20.5. The van der Waals surface area contributed by atoms with Gasteiger partial charge in [-0.1, -0.05) is 63.3 Å². The number of hydrogen-bond acceptors (Lipinski definition) is 5. The van der Waals surface area contributed by atoms with Gasteiger partial charge in [0.25, 0.3) is 0 Å². The second kappa shape index (κ2) is 21.6. The molecule has 0 saturated heterocycles. The molecule has 0 radical (unpaired) electrons. The van der Waals surface area contributed by atoms with E-state index in [2.05, 4.69) is 31.2 Å². The van der Waals surface area contributed by atoms with Crippen LogP contribution in [0.2, 0.25) is 0 Å². The zero-order chi connectivity index (χ0) is 26.4. The smallest absolute Gasteiger partial charge is 0.362 e. The number of aliphatic carboxylic acids is 1. The first kappa shape index (κ1) is 33.3. The molecule has 0 aromatic heterocycles. The fraction of sp³-hybridized carbons (Fsp3) is 0.786. The van der Waals surface area contributed by atoms with Crippen molar-refractivity contribution in [3.05, 3.63) is 24.3 Å². The number of aliphatic hydroxyl groups is 1. The SMILES string of the molecule is CCCCC/C=C\C/C=C\CCCCCCCC(=O)OCC(O)COCCC(C(=O)O)[N+](C)(C)C. The molecule has 0 heterocycles. The van der Waals surface area contributed by atoms with E-state index in [-0.39, 0.29) is 25.8 Å². The van der Waals surface area contributed by atoms with Crippen molar-refractivity contribution in [1.82, 2.24) is 0 Å². The van der Waals surface area contributed by atoms with Crippen LogP contribution in [0.4, 0.5) is 0 Å². The number of allylic oxidation sites excluding steroid dienone is 4. The van der Waals surface area contributed by atoms with Crippen LogP contribution in [-0.4, -0.2) is 79.7 Å². The van der Waals surface area contributed by atoms with Gasteiger partial charge in [-0.3, -0.25) is 4.79 Å². The number of ether oxygens (including phenoxy) is 2. The van der Waals surface area contributed by atoms with E-state index in [1.54, 1.807) is 0 Å². The minimum atomic E-state index is -0.907. The summed E-state index contributed by atoms with van der Waals surface area (Å²) < 4.78 is 10.8. The van der Waals surface area contributed by atoms with Crippen LogP contribution in [0.1, 0.15) is 90.4 Å². The Balaban J connectivity index is 3.61. The number of nitrogens with zero attached hydrogens (tertiary/aromatic N) is 1. The first-order chi connectivity index (χ1) is 16.7. The highest BCUT2D eigenvalue weighted by molar-refractivity contribution is 5.72. The molecule has 2 atom stereocenters. The number of esters is 1. The summed E-state index contributed by atoms with van der Waals surface area (Å²) in [5.74, 6) is -1.17. The molecular weight excluding hydrogens is 446 g/mol. The second-order valence-electron chi connectivity index (χ2n) is 10.2. The van der Waals surface area contributed by atoms with Crippen molar-refractivity contribution in [3.8, 4) is 0 Å². The van der Waals surface area contributed by atoms with Gasteiger partial charge in [-0.05, 0) is 38.5 Å². The minimum absolute atomic E-state index is 0.0143. The van der Waals surface area contributed by atoms with Crippen molar-refractivity contribution >= 4 is 11.9 Å². The number of unbranched alkanes of at least 4 members (excludes halogenated alkanes) is 8. The van der Waals surface area contributed by atoms with E-state index in [0.717, 1.165) is 32.1 Å². The molecular formula is C28H52NO6+. The summed E-state index contributed by atoms with van der Waals surface area (Å²) in [4.78, 5) is 23.1. The van der Waals surface area contributed by atoms with Gasteiger partial charge in [0.2, 0.25) is 0 Å². The van der Waals surface area contributed by atoms with E-state index < -0.39 is 18.1 Å². The molecule has 7 nitrogen and oxygen atoms in total. The third kappa shape index (κ3) is 21.3.